The maximum atomic E-state index is 13.9. The Kier molecular flexibility index (Phi) is 9.76. The highest BCUT2D eigenvalue weighted by Crippen LogP contribution is 2.33. The third-order valence-corrected chi connectivity index (χ3v) is 7.41. The lowest BCUT2D eigenvalue weighted by Gasteiger charge is -2.36. The zero-order valence-electron chi connectivity index (χ0n) is 23.8. The highest BCUT2D eigenvalue weighted by atomic mass is 16.2. The molecule has 0 aromatic heterocycles. The predicted octanol–water partition coefficient (Wildman–Crippen LogP) is 2.10. The number of rotatable bonds is 9. The summed E-state index contributed by atoms with van der Waals surface area (Å²) in [5.41, 5.74) is 4.15. The van der Waals surface area contributed by atoms with Gasteiger partial charge in [0.15, 0.2) is 0 Å². The van der Waals surface area contributed by atoms with Gasteiger partial charge >= 0.3 is 6.03 Å². The first-order chi connectivity index (χ1) is 16.9. The van der Waals surface area contributed by atoms with Gasteiger partial charge in [0.2, 0.25) is 17.6 Å². The van der Waals surface area contributed by atoms with Crippen molar-refractivity contribution in [2.24, 2.45) is 28.9 Å². The number of likely N-dealkylation sites (tertiary alicyclic amines) is 1. The van der Waals surface area contributed by atoms with Gasteiger partial charge in [-0.2, -0.15) is 0 Å². The largest absolute Gasteiger partial charge is 0.363 e. The van der Waals surface area contributed by atoms with Crippen LogP contribution in [0.15, 0.2) is 0 Å². The van der Waals surface area contributed by atoms with E-state index in [2.05, 4.69) is 16.0 Å². The number of amides is 5. The minimum absolute atomic E-state index is 0.0700. The molecule has 1 aliphatic carbocycles. The number of primary amides is 1. The third kappa shape index (κ3) is 8.43. The number of nitrogens with one attached hydrogen (secondary N) is 3. The molecule has 5 amide bonds. The molecular weight excluding hydrogens is 474 g/mol. The summed E-state index contributed by atoms with van der Waals surface area (Å²) in [6, 6.07) is -3.16. The lowest BCUT2D eigenvalue weighted by molar-refractivity contribution is -0.143. The van der Waals surface area contributed by atoms with Gasteiger partial charge in [0.05, 0.1) is 6.04 Å². The van der Waals surface area contributed by atoms with Crippen LogP contribution in [0.4, 0.5) is 4.79 Å². The molecule has 1 saturated carbocycles. The van der Waals surface area contributed by atoms with Crippen LogP contribution in [0, 0.1) is 23.2 Å². The number of hydrogen-bond acceptors (Lipinski definition) is 5. The van der Waals surface area contributed by atoms with E-state index in [1.807, 2.05) is 55.4 Å². The molecule has 2 fully saturated rings. The number of carbonyl (C=O) groups is 5. The summed E-state index contributed by atoms with van der Waals surface area (Å²) in [4.78, 5) is 65.8. The Bertz CT molecular complexity index is 885. The predicted molar refractivity (Wildman–Crippen MR) is 141 cm³/mol. The molecule has 37 heavy (non-hydrogen) atoms. The Morgan fingerprint density at radius 1 is 0.973 bits per heavy atom. The Morgan fingerprint density at radius 3 is 2.00 bits per heavy atom. The Hall–Kier alpha value is -2.65. The van der Waals surface area contributed by atoms with Crippen LogP contribution >= 0.6 is 0 Å². The Labute approximate surface area is 221 Å². The molecule has 4 atom stereocenters. The molecule has 2 aliphatic rings. The molecule has 1 heterocycles. The first kappa shape index (κ1) is 30.6. The van der Waals surface area contributed by atoms with Crippen LogP contribution in [-0.4, -0.2) is 64.6 Å². The fourth-order valence-corrected chi connectivity index (χ4v) is 4.90. The van der Waals surface area contributed by atoms with Crippen LogP contribution in [0.3, 0.4) is 0 Å². The van der Waals surface area contributed by atoms with E-state index in [0.29, 0.717) is 19.4 Å². The molecule has 2 rings (SSSR count). The Balaban J connectivity index is 2.29. The van der Waals surface area contributed by atoms with Crippen molar-refractivity contribution in [1.29, 1.82) is 0 Å². The molecule has 210 valence electrons. The second-order valence-corrected chi connectivity index (χ2v) is 13.2. The molecule has 0 radical (unpaired) electrons. The third-order valence-electron chi connectivity index (χ3n) is 7.41. The zero-order chi connectivity index (χ0) is 28.3. The van der Waals surface area contributed by atoms with Gasteiger partial charge < -0.3 is 26.6 Å². The molecule has 0 bridgehead atoms. The van der Waals surface area contributed by atoms with Crippen LogP contribution in [0.2, 0.25) is 0 Å². The number of hydrogen-bond donors (Lipinski definition) is 4. The maximum Gasteiger partial charge on any atom is 0.315 e. The van der Waals surface area contributed by atoms with E-state index in [9.17, 15) is 24.0 Å². The number of ketones is 1. The van der Waals surface area contributed by atoms with Gasteiger partial charge in [-0.3, -0.25) is 19.2 Å². The van der Waals surface area contributed by atoms with Gasteiger partial charge in [-0.25, -0.2) is 4.79 Å². The van der Waals surface area contributed by atoms with Crippen molar-refractivity contribution in [2.45, 2.75) is 111 Å². The highest BCUT2D eigenvalue weighted by Gasteiger charge is 2.46. The van der Waals surface area contributed by atoms with Gasteiger partial charge in [0, 0.05) is 12.1 Å². The molecule has 5 N–H and O–H groups in total. The number of carbonyl (C=O) groups excluding carboxylic acids is 5. The molecule has 10 heteroatoms. The van der Waals surface area contributed by atoms with Gasteiger partial charge in [0.25, 0.3) is 5.91 Å². The van der Waals surface area contributed by atoms with Crippen LogP contribution in [0.1, 0.15) is 87.5 Å². The molecule has 1 saturated heterocycles. The second kappa shape index (κ2) is 11.8. The summed E-state index contributed by atoms with van der Waals surface area (Å²) in [5.74, 6) is -2.17. The number of Topliss-reactive ketones (excluding diaryl/α,β-unsaturated/α-hetero) is 1. The summed E-state index contributed by atoms with van der Waals surface area (Å²) < 4.78 is 0. The minimum atomic E-state index is -1.08. The van der Waals surface area contributed by atoms with Crippen LogP contribution < -0.4 is 21.7 Å². The lowest BCUT2D eigenvalue weighted by Crippen LogP contribution is -2.61. The van der Waals surface area contributed by atoms with Crippen LogP contribution in [-0.2, 0) is 19.2 Å². The molecule has 0 aromatic rings. The van der Waals surface area contributed by atoms with Crippen molar-refractivity contribution in [2.75, 3.05) is 6.54 Å². The lowest BCUT2D eigenvalue weighted by atomic mass is 9.80. The SMILES string of the molecule is CC(C)C1CC(C(=O)NC(CC2CCC2)C(=O)C(N)=O)N(C(=O)C(NC(=O)NC(C)(C)C)C(C)(C)C)C1. The van der Waals surface area contributed by atoms with Crippen molar-refractivity contribution in [1.82, 2.24) is 20.9 Å². The topological polar surface area (TPSA) is 151 Å². The van der Waals surface area contributed by atoms with Gasteiger partial charge in [-0.05, 0) is 56.8 Å². The molecule has 4 unspecified atom stereocenters. The normalized spacial score (nSPS) is 22.1. The average Bonchev–Trinajstić information content (AvgIpc) is 3.16. The zero-order valence-corrected chi connectivity index (χ0v) is 23.8. The van der Waals surface area contributed by atoms with E-state index in [1.165, 1.54) is 4.90 Å². The van der Waals surface area contributed by atoms with Gasteiger partial charge in [-0.1, -0.05) is 53.9 Å². The second-order valence-electron chi connectivity index (χ2n) is 13.2. The summed E-state index contributed by atoms with van der Waals surface area (Å²) in [6.45, 7) is 15.6. The smallest absolute Gasteiger partial charge is 0.315 e. The minimum Gasteiger partial charge on any atom is -0.363 e. The first-order valence-corrected chi connectivity index (χ1v) is 13.4. The van der Waals surface area contributed by atoms with E-state index in [1.54, 1.807) is 0 Å². The van der Waals surface area contributed by atoms with Crippen molar-refractivity contribution in [3.63, 3.8) is 0 Å². The number of urea groups is 1. The van der Waals surface area contributed by atoms with Crippen molar-refractivity contribution in [3.8, 4) is 0 Å². The van der Waals surface area contributed by atoms with E-state index in [0.717, 1.165) is 19.3 Å². The summed E-state index contributed by atoms with van der Waals surface area (Å²) in [7, 11) is 0. The molecule has 10 nitrogen and oxygen atoms in total. The molecule has 0 spiro atoms. The fourth-order valence-electron chi connectivity index (χ4n) is 4.90. The van der Waals surface area contributed by atoms with Crippen LogP contribution in [0.25, 0.3) is 0 Å². The summed E-state index contributed by atoms with van der Waals surface area (Å²) in [6.07, 6.45) is 3.73. The Morgan fingerprint density at radius 2 is 1.57 bits per heavy atom. The van der Waals surface area contributed by atoms with Crippen LogP contribution in [0.5, 0.6) is 0 Å². The molecule has 1 aliphatic heterocycles. The standard InChI is InChI=1S/C27H47N5O5/c1-15(2)17-13-19(23(35)29-18(20(33)22(28)34)12-16-10-9-11-16)32(14-17)24(36)21(26(3,4)5)30-25(37)31-27(6,7)8/h15-19,21H,9-14H2,1-8H3,(H2,28,34)(H,29,35)(H2,30,31,37). The monoisotopic (exact) mass is 521 g/mol. The molecule has 0 aromatic carbocycles. The van der Waals surface area contributed by atoms with Crippen molar-refractivity contribution < 1.29 is 24.0 Å². The fraction of sp³-hybridized carbons (Fsp3) is 0.815. The van der Waals surface area contributed by atoms with E-state index in [4.69, 9.17) is 5.73 Å². The van der Waals surface area contributed by atoms with Crippen molar-refractivity contribution in [3.05, 3.63) is 0 Å². The highest BCUT2D eigenvalue weighted by molar-refractivity contribution is 6.37. The molecular formula is C27H47N5O5. The summed E-state index contributed by atoms with van der Waals surface area (Å²) in [5, 5.41) is 8.40. The van der Waals surface area contributed by atoms with E-state index >= 15 is 0 Å². The quantitative estimate of drug-likeness (QED) is 0.343. The number of nitrogens with two attached hydrogens (primary N) is 1. The van der Waals surface area contributed by atoms with Crippen molar-refractivity contribution >= 4 is 29.5 Å². The number of nitrogens with zero attached hydrogens (tertiary/aromatic N) is 1. The first-order valence-electron chi connectivity index (χ1n) is 13.4. The van der Waals surface area contributed by atoms with E-state index < -0.39 is 52.7 Å². The summed E-state index contributed by atoms with van der Waals surface area (Å²) >= 11 is 0. The maximum absolute atomic E-state index is 13.9. The van der Waals surface area contributed by atoms with Gasteiger partial charge in [0.1, 0.15) is 12.1 Å². The average molecular weight is 522 g/mol. The van der Waals surface area contributed by atoms with E-state index in [-0.39, 0.29) is 23.7 Å². The van der Waals surface area contributed by atoms with Gasteiger partial charge in [-0.15, -0.1) is 0 Å².